The van der Waals surface area contributed by atoms with Crippen LogP contribution >= 0.6 is 0 Å². The largest absolute Gasteiger partial charge is 0.381 e. The number of nitrogens with one attached hydrogen (secondary N) is 2. The fraction of sp³-hybridized carbons (Fsp3) is 0.400. The molecule has 0 radical (unpaired) electrons. The SMILES string of the molecule is Cc1noc(C)c1CNc1c(F)cccc1NC(C)C. The summed E-state index contributed by atoms with van der Waals surface area (Å²) in [5, 5.41) is 10.3. The van der Waals surface area contributed by atoms with Crippen molar-refractivity contribution in [3.8, 4) is 0 Å². The van der Waals surface area contributed by atoms with Gasteiger partial charge >= 0.3 is 0 Å². The zero-order valence-electron chi connectivity index (χ0n) is 12.2. The van der Waals surface area contributed by atoms with Crippen LogP contribution < -0.4 is 10.6 Å². The molecule has 1 aromatic carbocycles. The normalized spacial score (nSPS) is 10.9. The highest BCUT2D eigenvalue weighted by molar-refractivity contribution is 5.69. The van der Waals surface area contributed by atoms with Crippen molar-refractivity contribution in [3.63, 3.8) is 0 Å². The van der Waals surface area contributed by atoms with Crippen LogP contribution in [-0.4, -0.2) is 11.2 Å². The summed E-state index contributed by atoms with van der Waals surface area (Å²) in [6, 6.07) is 5.23. The van der Waals surface area contributed by atoms with E-state index >= 15 is 0 Å². The van der Waals surface area contributed by atoms with Gasteiger partial charge in [0.25, 0.3) is 0 Å². The second-order valence-corrected chi connectivity index (χ2v) is 5.12. The van der Waals surface area contributed by atoms with E-state index in [-0.39, 0.29) is 11.9 Å². The minimum absolute atomic E-state index is 0.233. The number of hydrogen-bond acceptors (Lipinski definition) is 4. The lowest BCUT2D eigenvalue weighted by Gasteiger charge is -2.16. The van der Waals surface area contributed by atoms with E-state index in [1.165, 1.54) is 6.07 Å². The molecule has 0 aliphatic carbocycles. The standard InChI is InChI=1S/C15H20FN3O/c1-9(2)18-14-7-5-6-13(16)15(14)17-8-12-10(3)19-20-11(12)4/h5-7,9,17-18H,8H2,1-4H3. The monoisotopic (exact) mass is 277 g/mol. The third-order valence-corrected chi connectivity index (χ3v) is 3.08. The zero-order chi connectivity index (χ0) is 14.7. The lowest BCUT2D eigenvalue weighted by molar-refractivity contribution is 0.392. The molecule has 2 aromatic rings. The van der Waals surface area contributed by atoms with Gasteiger partial charge in [-0.15, -0.1) is 0 Å². The first kappa shape index (κ1) is 14.4. The van der Waals surface area contributed by atoms with Gasteiger partial charge in [0, 0.05) is 18.2 Å². The first-order valence-electron chi connectivity index (χ1n) is 6.69. The molecule has 0 bridgehead atoms. The highest BCUT2D eigenvalue weighted by Gasteiger charge is 2.12. The maximum absolute atomic E-state index is 14.0. The Kier molecular flexibility index (Phi) is 4.27. The average Bonchev–Trinajstić information content (AvgIpc) is 2.68. The first-order chi connectivity index (χ1) is 9.49. The number of hydrogen-bond donors (Lipinski definition) is 2. The summed E-state index contributed by atoms with van der Waals surface area (Å²) in [5.74, 6) is 0.479. The Morgan fingerprint density at radius 2 is 2.05 bits per heavy atom. The van der Waals surface area contributed by atoms with E-state index in [0.29, 0.717) is 12.2 Å². The topological polar surface area (TPSA) is 50.1 Å². The zero-order valence-corrected chi connectivity index (χ0v) is 12.2. The molecule has 0 spiro atoms. The summed E-state index contributed by atoms with van der Waals surface area (Å²) in [7, 11) is 0. The second-order valence-electron chi connectivity index (χ2n) is 5.12. The van der Waals surface area contributed by atoms with Gasteiger partial charge < -0.3 is 15.2 Å². The van der Waals surface area contributed by atoms with Crippen LogP contribution in [0.4, 0.5) is 15.8 Å². The molecule has 0 saturated carbocycles. The molecule has 2 rings (SSSR count). The van der Waals surface area contributed by atoms with E-state index in [1.807, 2.05) is 33.8 Å². The van der Waals surface area contributed by atoms with Crippen LogP contribution in [0.2, 0.25) is 0 Å². The molecule has 0 saturated heterocycles. The molecule has 0 amide bonds. The van der Waals surface area contributed by atoms with E-state index in [4.69, 9.17) is 4.52 Å². The number of rotatable bonds is 5. The first-order valence-corrected chi connectivity index (χ1v) is 6.69. The number of aromatic nitrogens is 1. The molecule has 0 fully saturated rings. The molecular formula is C15H20FN3O. The second kappa shape index (κ2) is 5.94. The van der Waals surface area contributed by atoms with Crippen LogP contribution in [-0.2, 0) is 6.54 Å². The molecular weight excluding hydrogens is 257 g/mol. The van der Waals surface area contributed by atoms with Gasteiger partial charge in [-0.1, -0.05) is 11.2 Å². The Morgan fingerprint density at radius 1 is 1.30 bits per heavy atom. The van der Waals surface area contributed by atoms with Crippen molar-refractivity contribution in [1.82, 2.24) is 5.16 Å². The molecule has 1 aromatic heterocycles. The Labute approximate surface area is 118 Å². The summed E-state index contributed by atoms with van der Waals surface area (Å²) in [6.07, 6.45) is 0. The van der Waals surface area contributed by atoms with E-state index in [1.54, 1.807) is 6.07 Å². The Bertz CT molecular complexity index is 573. The van der Waals surface area contributed by atoms with Crippen LogP contribution in [0.1, 0.15) is 30.9 Å². The predicted octanol–water partition coefficient (Wildman–Crippen LogP) is 3.86. The fourth-order valence-corrected chi connectivity index (χ4v) is 2.07. The summed E-state index contributed by atoms with van der Waals surface area (Å²) >= 11 is 0. The summed E-state index contributed by atoms with van der Waals surface area (Å²) < 4.78 is 19.1. The molecule has 0 aliphatic heterocycles. The Morgan fingerprint density at radius 3 is 2.65 bits per heavy atom. The highest BCUT2D eigenvalue weighted by Crippen LogP contribution is 2.27. The molecule has 0 aliphatic rings. The lowest BCUT2D eigenvalue weighted by Crippen LogP contribution is -2.13. The van der Waals surface area contributed by atoms with E-state index < -0.39 is 0 Å². The maximum Gasteiger partial charge on any atom is 0.148 e. The van der Waals surface area contributed by atoms with Crippen LogP contribution in [0.5, 0.6) is 0 Å². The van der Waals surface area contributed by atoms with Crippen LogP contribution in [0.15, 0.2) is 22.7 Å². The van der Waals surface area contributed by atoms with Crippen molar-refractivity contribution in [2.24, 2.45) is 0 Å². The van der Waals surface area contributed by atoms with Gasteiger partial charge in [0.15, 0.2) is 0 Å². The van der Waals surface area contributed by atoms with Crippen molar-refractivity contribution in [2.75, 3.05) is 10.6 Å². The van der Waals surface area contributed by atoms with Crippen LogP contribution in [0.25, 0.3) is 0 Å². The third-order valence-electron chi connectivity index (χ3n) is 3.08. The van der Waals surface area contributed by atoms with Crippen molar-refractivity contribution < 1.29 is 8.91 Å². The number of para-hydroxylation sites is 1. The molecule has 0 unspecified atom stereocenters. The van der Waals surface area contributed by atoms with Crippen molar-refractivity contribution in [3.05, 3.63) is 41.0 Å². The van der Waals surface area contributed by atoms with Gasteiger partial charge in [0.2, 0.25) is 0 Å². The molecule has 4 nitrogen and oxygen atoms in total. The Hall–Kier alpha value is -2.04. The van der Waals surface area contributed by atoms with Gasteiger partial charge in [-0.2, -0.15) is 0 Å². The maximum atomic E-state index is 14.0. The molecule has 108 valence electrons. The summed E-state index contributed by atoms with van der Waals surface area (Å²) in [4.78, 5) is 0. The van der Waals surface area contributed by atoms with Gasteiger partial charge in [-0.25, -0.2) is 4.39 Å². The van der Waals surface area contributed by atoms with Crippen molar-refractivity contribution in [2.45, 2.75) is 40.3 Å². The summed E-state index contributed by atoms with van der Waals surface area (Å²) in [6.45, 7) is 8.24. The molecule has 2 N–H and O–H groups in total. The average molecular weight is 277 g/mol. The van der Waals surface area contributed by atoms with Crippen molar-refractivity contribution >= 4 is 11.4 Å². The van der Waals surface area contributed by atoms with Crippen LogP contribution in [0, 0.1) is 19.7 Å². The minimum Gasteiger partial charge on any atom is -0.381 e. The predicted molar refractivity (Wildman–Crippen MR) is 78.5 cm³/mol. The lowest BCUT2D eigenvalue weighted by atomic mass is 10.2. The molecule has 1 heterocycles. The van der Waals surface area contributed by atoms with Gasteiger partial charge in [0.05, 0.1) is 17.1 Å². The van der Waals surface area contributed by atoms with E-state index in [2.05, 4.69) is 15.8 Å². The molecule has 20 heavy (non-hydrogen) atoms. The van der Waals surface area contributed by atoms with Gasteiger partial charge in [0.1, 0.15) is 11.6 Å². The number of nitrogens with zero attached hydrogens (tertiary/aromatic N) is 1. The van der Waals surface area contributed by atoms with Crippen LogP contribution in [0.3, 0.4) is 0 Å². The van der Waals surface area contributed by atoms with Crippen molar-refractivity contribution in [1.29, 1.82) is 0 Å². The third kappa shape index (κ3) is 3.10. The minimum atomic E-state index is -0.276. The molecule has 0 atom stereocenters. The van der Waals surface area contributed by atoms with E-state index in [9.17, 15) is 4.39 Å². The Balaban J connectivity index is 2.20. The number of halogens is 1. The fourth-order valence-electron chi connectivity index (χ4n) is 2.07. The quantitative estimate of drug-likeness (QED) is 0.871. The van der Waals surface area contributed by atoms with Gasteiger partial charge in [-0.3, -0.25) is 0 Å². The van der Waals surface area contributed by atoms with E-state index in [0.717, 1.165) is 22.7 Å². The number of aryl methyl sites for hydroxylation is 2. The number of anilines is 2. The highest BCUT2D eigenvalue weighted by atomic mass is 19.1. The van der Waals surface area contributed by atoms with Gasteiger partial charge in [-0.05, 0) is 39.8 Å². The smallest absolute Gasteiger partial charge is 0.148 e. The number of benzene rings is 1. The molecule has 5 heteroatoms. The summed E-state index contributed by atoms with van der Waals surface area (Å²) in [5.41, 5.74) is 3.02.